The van der Waals surface area contributed by atoms with Crippen LogP contribution in [-0.2, 0) is 17.9 Å². The SMILES string of the molecule is CC(c1nc2ccc(C(=O)O)cc2n1C[C@@H]1CCO1)N1CCC(c2cccc(OCc3ccc4cnccc4c3)n2)CC1. The number of carbonyl (C=O) groups is 1. The minimum absolute atomic E-state index is 0.0852. The molecule has 0 bridgehead atoms. The van der Waals surface area contributed by atoms with E-state index in [0.29, 0.717) is 24.9 Å². The highest BCUT2D eigenvalue weighted by molar-refractivity contribution is 5.92. The Balaban J connectivity index is 1.02. The second-order valence-electron chi connectivity index (χ2n) is 11.6. The van der Waals surface area contributed by atoms with E-state index in [1.807, 2.05) is 30.5 Å². The van der Waals surface area contributed by atoms with Crippen molar-refractivity contribution in [3.05, 3.63) is 95.7 Å². The number of hydrogen-bond donors (Lipinski definition) is 1. The lowest BCUT2D eigenvalue weighted by Crippen LogP contribution is -2.37. The molecule has 0 spiro atoms. The van der Waals surface area contributed by atoms with Crippen molar-refractivity contribution in [2.75, 3.05) is 19.7 Å². The minimum Gasteiger partial charge on any atom is -0.478 e. The van der Waals surface area contributed by atoms with E-state index in [1.54, 1.807) is 18.3 Å². The van der Waals surface area contributed by atoms with E-state index >= 15 is 0 Å². The third-order valence-corrected chi connectivity index (χ3v) is 8.91. The van der Waals surface area contributed by atoms with Gasteiger partial charge in [0.1, 0.15) is 12.4 Å². The van der Waals surface area contributed by atoms with E-state index in [0.717, 1.165) is 77.8 Å². The normalized spacial score (nSPS) is 18.5. The zero-order chi connectivity index (χ0) is 29.3. The molecule has 2 saturated heterocycles. The van der Waals surface area contributed by atoms with Crippen LogP contribution in [0.25, 0.3) is 21.8 Å². The van der Waals surface area contributed by atoms with Gasteiger partial charge in [0.2, 0.25) is 5.88 Å². The summed E-state index contributed by atoms with van der Waals surface area (Å²) in [7, 11) is 0. The summed E-state index contributed by atoms with van der Waals surface area (Å²) in [4.78, 5) is 28.2. The molecular formula is C34H35N5O4. The third kappa shape index (κ3) is 5.70. The van der Waals surface area contributed by atoms with E-state index in [-0.39, 0.29) is 17.7 Å². The number of pyridine rings is 2. The van der Waals surface area contributed by atoms with Crippen molar-refractivity contribution in [1.82, 2.24) is 24.4 Å². The Morgan fingerprint density at radius 2 is 1.91 bits per heavy atom. The zero-order valence-electron chi connectivity index (χ0n) is 24.2. The number of ether oxygens (including phenoxy) is 2. The van der Waals surface area contributed by atoms with Gasteiger partial charge >= 0.3 is 5.97 Å². The second-order valence-corrected chi connectivity index (χ2v) is 11.6. The first-order valence-electron chi connectivity index (χ1n) is 15.0. The highest BCUT2D eigenvalue weighted by Crippen LogP contribution is 2.34. The molecule has 2 atom stereocenters. The Morgan fingerprint density at radius 3 is 2.70 bits per heavy atom. The van der Waals surface area contributed by atoms with Crippen LogP contribution in [0, 0.1) is 0 Å². The van der Waals surface area contributed by atoms with Crippen LogP contribution >= 0.6 is 0 Å². The van der Waals surface area contributed by atoms with Crippen molar-refractivity contribution in [1.29, 1.82) is 0 Å². The fourth-order valence-corrected chi connectivity index (χ4v) is 6.28. The molecule has 9 heteroatoms. The number of carboxylic acids is 1. The smallest absolute Gasteiger partial charge is 0.335 e. The lowest BCUT2D eigenvalue weighted by Gasteiger charge is -2.36. The average Bonchev–Trinajstić information content (AvgIpc) is 3.39. The number of rotatable bonds is 9. The van der Waals surface area contributed by atoms with Crippen molar-refractivity contribution >= 4 is 27.8 Å². The summed E-state index contributed by atoms with van der Waals surface area (Å²) in [5, 5.41) is 11.8. The van der Waals surface area contributed by atoms with Gasteiger partial charge in [0.15, 0.2) is 0 Å². The van der Waals surface area contributed by atoms with Crippen molar-refractivity contribution in [2.45, 2.75) is 57.4 Å². The van der Waals surface area contributed by atoms with Crippen LogP contribution in [0.1, 0.15) is 65.6 Å². The maximum Gasteiger partial charge on any atom is 0.335 e. The number of likely N-dealkylation sites (tertiary alicyclic amines) is 1. The Hall–Kier alpha value is -4.34. The van der Waals surface area contributed by atoms with Crippen molar-refractivity contribution in [3.63, 3.8) is 0 Å². The monoisotopic (exact) mass is 577 g/mol. The number of aromatic carboxylic acids is 1. The maximum absolute atomic E-state index is 11.7. The molecule has 7 rings (SSSR count). The molecule has 2 aliphatic heterocycles. The van der Waals surface area contributed by atoms with Crippen LogP contribution in [0.15, 0.2) is 73.1 Å². The van der Waals surface area contributed by atoms with E-state index in [9.17, 15) is 9.90 Å². The van der Waals surface area contributed by atoms with Gasteiger partial charge in [-0.2, -0.15) is 0 Å². The van der Waals surface area contributed by atoms with Crippen LogP contribution in [0.3, 0.4) is 0 Å². The molecule has 9 nitrogen and oxygen atoms in total. The molecule has 220 valence electrons. The van der Waals surface area contributed by atoms with Gasteiger partial charge in [-0.3, -0.25) is 9.88 Å². The minimum atomic E-state index is -0.930. The van der Waals surface area contributed by atoms with Gasteiger partial charge in [0.05, 0.1) is 35.3 Å². The summed E-state index contributed by atoms with van der Waals surface area (Å²) in [6.07, 6.45) is 6.81. The zero-order valence-corrected chi connectivity index (χ0v) is 24.2. The number of aromatic nitrogens is 4. The van der Waals surface area contributed by atoms with Crippen molar-refractivity contribution < 1.29 is 19.4 Å². The molecule has 3 aromatic heterocycles. The summed E-state index contributed by atoms with van der Waals surface area (Å²) in [6, 6.07) is 19.6. The lowest BCUT2D eigenvalue weighted by molar-refractivity contribution is -0.0594. The van der Waals surface area contributed by atoms with Gasteiger partial charge in [-0.05, 0) is 86.6 Å². The molecule has 0 amide bonds. The molecule has 0 aliphatic carbocycles. The largest absolute Gasteiger partial charge is 0.478 e. The van der Waals surface area contributed by atoms with Crippen LogP contribution < -0.4 is 4.74 Å². The predicted molar refractivity (Wildman–Crippen MR) is 163 cm³/mol. The summed E-state index contributed by atoms with van der Waals surface area (Å²) in [5.74, 6) is 1.04. The van der Waals surface area contributed by atoms with Crippen molar-refractivity contribution in [3.8, 4) is 5.88 Å². The van der Waals surface area contributed by atoms with Crippen LogP contribution in [0.4, 0.5) is 0 Å². The van der Waals surface area contributed by atoms with Gasteiger partial charge in [0.25, 0.3) is 0 Å². The van der Waals surface area contributed by atoms with Gasteiger partial charge in [-0.15, -0.1) is 0 Å². The number of carboxylic acid groups (broad SMARTS) is 1. The lowest BCUT2D eigenvalue weighted by atomic mass is 9.92. The number of imidazole rings is 1. The van der Waals surface area contributed by atoms with Gasteiger partial charge in [-0.25, -0.2) is 14.8 Å². The molecule has 2 aromatic carbocycles. The maximum atomic E-state index is 11.7. The van der Waals surface area contributed by atoms with E-state index in [4.69, 9.17) is 19.4 Å². The Labute approximate surface area is 250 Å². The van der Waals surface area contributed by atoms with Gasteiger partial charge < -0.3 is 19.1 Å². The Kier molecular flexibility index (Phi) is 7.51. The number of fused-ring (bicyclic) bond motifs is 2. The topological polar surface area (TPSA) is 103 Å². The fourth-order valence-electron chi connectivity index (χ4n) is 6.28. The number of benzene rings is 2. The second kappa shape index (κ2) is 11.7. The van der Waals surface area contributed by atoms with E-state index in [1.165, 1.54) is 0 Å². The highest BCUT2D eigenvalue weighted by atomic mass is 16.5. The summed E-state index contributed by atoms with van der Waals surface area (Å²) >= 11 is 0. The molecule has 0 saturated carbocycles. The number of nitrogens with zero attached hydrogens (tertiary/aromatic N) is 5. The number of piperidine rings is 1. The summed E-state index contributed by atoms with van der Waals surface area (Å²) in [5.41, 5.74) is 4.13. The van der Waals surface area contributed by atoms with E-state index < -0.39 is 5.97 Å². The van der Waals surface area contributed by atoms with Crippen molar-refractivity contribution in [2.24, 2.45) is 0 Å². The quantitative estimate of drug-likeness (QED) is 0.228. The first-order valence-corrected chi connectivity index (χ1v) is 15.0. The molecule has 2 fully saturated rings. The molecule has 0 radical (unpaired) electrons. The third-order valence-electron chi connectivity index (χ3n) is 8.91. The Bertz CT molecular complexity index is 1770. The predicted octanol–water partition coefficient (Wildman–Crippen LogP) is 5.99. The van der Waals surface area contributed by atoms with Crippen LogP contribution in [-0.4, -0.2) is 61.3 Å². The average molecular weight is 578 g/mol. The molecule has 5 aromatic rings. The number of hydrogen-bond acceptors (Lipinski definition) is 7. The Morgan fingerprint density at radius 1 is 1.05 bits per heavy atom. The molecule has 43 heavy (non-hydrogen) atoms. The molecule has 1 unspecified atom stereocenters. The molecule has 1 N–H and O–H groups in total. The van der Waals surface area contributed by atoms with Crippen LogP contribution in [0.2, 0.25) is 0 Å². The van der Waals surface area contributed by atoms with Gasteiger partial charge in [-0.1, -0.05) is 18.2 Å². The first-order chi connectivity index (χ1) is 21.0. The van der Waals surface area contributed by atoms with Crippen LogP contribution in [0.5, 0.6) is 5.88 Å². The standard InChI is InChI=1S/C34H35N5O4/c1-22(33-37-30-8-7-26(34(40)41)18-31(30)39(33)20-28-12-16-42-28)38-14-10-24(11-15-38)29-3-2-4-32(36-29)43-21-23-5-6-27-19-35-13-9-25(27)17-23/h2-9,13,17-19,22,24,28H,10-12,14-16,20-21H2,1H3,(H,40,41)/t22?,28-/m0/s1. The summed E-state index contributed by atoms with van der Waals surface area (Å²) < 4.78 is 14.0. The van der Waals surface area contributed by atoms with E-state index in [2.05, 4.69) is 45.6 Å². The first kappa shape index (κ1) is 27.5. The highest BCUT2D eigenvalue weighted by Gasteiger charge is 2.30. The molecule has 2 aliphatic rings. The fraction of sp³-hybridized carbons (Fsp3) is 0.353. The molecular weight excluding hydrogens is 542 g/mol. The van der Waals surface area contributed by atoms with Gasteiger partial charge in [0, 0.05) is 42.1 Å². The summed E-state index contributed by atoms with van der Waals surface area (Å²) in [6.45, 7) is 5.97. The molecule has 5 heterocycles.